The van der Waals surface area contributed by atoms with Gasteiger partial charge in [-0.1, -0.05) is 0 Å². The highest BCUT2D eigenvalue weighted by atomic mass is 32.2. The van der Waals surface area contributed by atoms with Gasteiger partial charge in [-0.25, -0.2) is 0 Å². The van der Waals surface area contributed by atoms with E-state index in [0.717, 1.165) is 0 Å². The van der Waals surface area contributed by atoms with Crippen LogP contribution in [0.5, 0.6) is 0 Å². The van der Waals surface area contributed by atoms with Crippen molar-refractivity contribution < 1.29 is 8.42 Å². The van der Waals surface area contributed by atoms with Gasteiger partial charge in [-0.05, 0) is 26.8 Å². The van der Waals surface area contributed by atoms with E-state index in [2.05, 4.69) is 9.38 Å². The van der Waals surface area contributed by atoms with E-state index in [0.29, 0.717) is 11.5 Å². The number of fused-ring (bicyclic) bond motifs is 1. The van der Waals surface area contributed by atoms with Gasteiger partial charge in [-0.2, -0.15) is 8.42 Å². The lowest BCUT2D eigenvalue weighted by Gasteiger charge is -2.32. The Kier molecular flexibility index (Phi) is 2.46. The summed E-state index contributed by atoms with van der Waals surface area (Å²) in [5.74, 6) is 0.494. The second-order valence-corrected chi connectivity index (χ2v) is 5.49. The first-order valence-electron chi connectivity index (χ1n) is 4.98. The number of aromatic nitrogens is 1. The van der Waals surface area contributed by atoms with E-state index in [4.69, 9.17) is 0 Å². The fraction of sp³-hybridized carbons (Fsp3) is 0.400. The van der Waals surface area contributed by atoms with Crippen molar-refractivity contribution >= 4 is 21.5 Å². The Balaban J connectivity index is 2.72. The average molecular weight is 239 g/mol. The fourth-order valence-corrected chi connectivity index (χ4v) is 3.02. The van der Waals surface area contributed by atoms with E-state index < -0.39 is 10.0 Å². The lowest BCUT2D eigenvalue weighted by Crippen LogP contribution is -2.39. The molecule has 0 aliphatic carbocycles. The van der Waals surface area contributed by atoms with Crippen LogP contribution in [0.2, 0.25) is 0 Å². The average Bonchev–Trinajstić information content (AvgIpc) is 2.15. The maximum Gasteiger partial charge on any atom is 0.287 e. The number of anilines is 1. The molecule has 0 saturated heterocycles. The highest BCUT2D eigenvalue weighted by molar-refractivity contribution is 7.90. The second-order valence-electron chi connectivity index (χ2n) is 3.92. The van der Waals surface area contributed by atoms with Crippen LogP contribution in [0.1, 0.15) is 20.8 Å². The molecule has 0 bridgehead atoms. The summed E-state index contributed by atoms with van der Waals surface area (Å²) in [6.45, 7) is 5.67. The molecule has 0 saturated carbocycles. The molecule has 0 fully saturated rings. The summed E-state index contributed by atoms with van der Waals surface area (Å²) >= 11 is 0. The predicted molar refractivity (Wildman–Crippen MR) is 62.1 cm³/mol. The number of pyridine rings is 1. The maximum atomic E-state index is 11.8. The zero-order valence-corrected chi connectivity index (χ0v) is 10.2. The van der Waals surface area contributed by atoms with Crippen LogP contribution in [-0.4, -0.2) is 25.3 Å². The predicted octanol–water partition coefficient (Wildman–Crippen LogP) is 1.42. The Bertz CT molecular complexity index is 549. The van der Waals surface area contributed by atoms with Gasteiger partial charge in [-0.3, -0.25) is 4.98 Å². The zero-order chi connectivity index (χ0) is 11.9. The third kappa shape index (κ3) is 1.59. The molecule has 0 atom stereocenters. The molecule has 6 heteroatoms. The Morgan fingerprint density at radius 2 is 2.06 bits per heavy atom. The normalized spacial score (nSPS) is 18.2. The Labute approximate surface area is 94.9 Å². The minimum absolute atomic E-state index is 0.153. The first-order valence-corrected chi connectivity index (χ1v) is 6.42. The van der Waals surface area contributed by atoms with Crippen molar-refractivity contribution in [2.24, 2.45) is 4.40 Å². The van der Waals surface area contributed by atoms with Crippen molar-refractivity contribution in [3.63, 3.8) is 0 Å². The molecular weight excluding hydrogens is 226 g/mol. The topological polar surface area (TPSA) is 62.6 Å². The molecule has 1 aliphatic heterocycles. The summed E-state index contributed by atoms with van der Waals surface area (Å²) in [7, 11) is -3.57. The van der Waals surface area contributed by atoms with Crippen LogP contribution in [0.4, 0.5) is 5.69 Å². The van der Waals surface area contributed by atoms with E-state index in [1.54, 1.807) is 19.2 Å². The van der Waals surface area contributed by atoms with E-state index in [9.17, 15) is 8.42 Å². The summed E-state index contributed by atoms with van der Waals surface area (Å²) in [5.41, 5.74) is 0.650. The van der Waals surface area contributed by atoms with Gasteiger partial charge in [0.05, 0.1) is 5.69 Å². The Morgan fingerprint density at radius 3 is 2.69 bits per heavy atom. The SMILES string of the molecule is CC1=NS(=O)(=O)c2cnccc2N1C(C)C. The quantitative estimate of drug-likeness (QED) is 0.743. The summed E-state index contributed by atoms with van der Waals surface area (Å²) in [4.78, 5) is 5.90. The van der Waals surface area contributed by atoms with Gasteiger partial charge in [0.1, 0.15) is 10.7 Å². The molecule has 16 heavy (non-hydrogen) atoms. The molecule has 1 aliphatic rings. The number of rotatable bonds is 1. The molecule has 0 aromatic carbocycles. The van der Waals surface area contributed by atoms with Crippen LogP contribution >= 0.6 is 0 Å². The Hall–Kier alpha value is -1.43. The molecule has 0 spiro atoms. The van der Waals surface area contributed by atoms with Gasteiger partial charge in [0.2, 0.25) is 0 Å². The van der Waals surface area contributed by atoms with E-state index in [1.165, 1.54) is 6.20 Å². The van der Waals surface area contributed by atoms with Gasteiger partial charge in [-0.15, -0.1) is 4.40 Å². The lowest BCUT2D eigenvalue weighted by atomic mass is 10.2. The lowest BCUT2D eigenvalue weighted by molar-refractivity contribution is 0.595. The standard InChI is InChI=1S/C10H13N3O2S/c1-7(2)13-8(3)12-16(14,15)10-6-11-5-4-9(10)13/h4-7H,1-3H3. The first-order chi connectivity index (χ1) is 7.43. The molecule has 0 unspecified atom stereocenters. The van der Waals surface area contributed by atoms with Crippen molar-refractivity contribution in [2.75, 3.05) is 4.90 Å². The molecule has 0 N–H and O–H groups in total. The number of hydrogen-bond donors (Lipinski definition) is 0. The molecule has 2 rings (SSSR count). The van der Waals surface area contributed by atoms with Crippen LogP contribution in [0.15, 0.2) is 27.8 Å². The molecule has 0 radical (unpaired) electrons. The molecule has 0 amide bonds. The Morgan fingerprint density at radius 1 is 1.38 bits per heavy atom. The third-order valence-corrected chi connectivity index (χ3v) is 3.79. The van der Waals surface area contributed by atoms with Gasteiger partial charge in [0.25, 0.3) is 10.0 Å². The van der Waals surface area contributed by atoms with E-state index >= 15 is 0 Å². The number of hydrogen-bond acceptors (Lipinski definition) is 4. The largest absolute Gasteiger partial charge is 0.326 e. The zero-order valence-electron chi connectivity index (χ0n) is 9.38. The van der Waals surface area contributed by atoms with Gasteiger partial charge >= 0.3 is 0 Å². The summed E-state index contributed by atoms with van der Waals surface area (Å²) in [6, 6.07) is 1.85. The molecule has 1 aromatic rings. The van der Waals surface area contributed by atoms with Crippen molar-refractivity contribution in [1.29, 1.82) is 0 Å². The van der Waals surface area contributed by atoms with Crippen LogP contribution in [0, 0.1) is 0 Å². The van der Waals surface area contributed by atoms with E-state index in [-0.39, 0.29) is 10.9 Å². The number of nitrogens with zero attached hydrogens (tertiary/aromatic N) is 3. The van der Waals surface area contributed by atoms with Gasteiger partial charge in [0, 0.05) is 18.4 Å². The highest BCUT2D eigenvalue weighted by Crippen LogP contribution is 2.31. The van der Waals surface area contributed by atoms with Crippen molar-refractivity contribution in [1.82, 2.24) is 4.98 Å². The van der Waals surface area contributed by atoms with Crippen LogP contribution in [0.25, 0.3) is 0 Å². The van der Waals surface area contributed by atoms with Crippen molar-refractivity contribution in [3.05, 3.63) is 18.5 Å². The molecular formula is C10H13N3O2S. The summed E-state index contributed by atoms with van der Waals surface area (Å²) < 4.78 is 27.3. The number of sulfonamides is 1. The molecule has 2 heterocycles. The van der Waals surface area contributed by atoms with Crippen LogP contribution in [0.3, 0.4) is 0 Å². The third-order valence-electron chi connectivity index (χ3n) is 2.42. The van der Waals surface area contributed by atoms with Gasteiger partial charge in [0.15, 0.2) is 0 Å². The second kappa shape index (κ2) is 3.55. The minimum Gasteiger partial charge on any atom is -0.326 e. The minimum atomic E-state index is -3.57. The van der Waals surface area contributed by atoms with Gasteiger partial charge < -0.3 is 4.90 Å². The summed E-state index contributed by atoms with van der Waals surface area (Å²) in [5, 5.41) is 0. The highest BCUT2D eigenvalue weighted by Gasteiger charge is 2.30. The van der Waals surface area contributed by atoms with E-state index in [1.807, 2.05) is 18.7 Å². The van der Waals surface area contributed by atoms with Crippen LogP contribution in [-0.2, 0) is 10.0 Å². The number of amidine groups is 1. The molecule has 1 aromatic heterocycles. The molecule has 86 valence electrons. The summed E-state index contributed by atoms with van der Waals surface area (Å²) in [6.07, 6.45) is 2.93. The maximum absolute atomic E-state index is 11.8. The monoisotopic (exact) mass is 239 g/mol. The van der Waals surface area contributed by atoms with Crippen molar-refractivity contribution in [3.8, 4) is 0 Å². The smallest absolute Gasteiger partial charge is 0.287 e. The molecule has 5 nitrogen and oxygen atoms in total. The first kappa shape index (κ1) is 11.1. The van der Waals surface area contributed by atoms with Crippen molar-refractivity contribution in [2.45, 2.75) is 31.7 Å². The fourth-order valence-electron chi connectivity index (χ4n) is 1.86. The van der Waals surface area contributed by atoms with Crippen LogP contribution < -0.4 is 4.90 Å².